The molecule has 0 unspecified atom stereocenters. The molecule has 1 heterocycles. The van der Waals surface area contributed by atoms with E-state index in [2.05, 4.69) is 4.98 Å². The lowest BCUT2D eigenvalue weighted by atomic mass is 10.2. The quantitative estimate of drug-likeness (QED) is 0.820. The van der Waals surface area contributed by atoms with Crippen molar-refractivity contribution >= 4 is 11.7 Å². The van der Waals surface area contributed by atoms with Crippen molar-refractivity contribution in [3.8, 4) is 0 Å². The lowest BCUT2D eigenvalue weighted by molar-refractivity contribution is -0.140. The largest absolute Gasteiger partial charge is 0.419 e. The summed E-state index contributed by atoms with van der Waals surface area (Å²) in [5.74, 6) is -3.37. The lowest BCUT2D eigenvalue weighted by Gasteiger charge is -2.12. The van der Waals surface area contributed by atoms with Crippen molar-refractivity contribution in [1.82, 2.24) is 4.98 Å². The summed E-state index contributed by atoms with van der Waals surface area (Å²) < 4.78 is 50.4. The number of amides is 1. The van der Waals surface area contributed by atoms with E-state index in [9.17, 15) is 22.4 Å². The summed E-state index contributed by atoms with van der Waals surface area (Å²) in [6, 6.07) is 0.514. The highest BCUT2D eigenvalue weighted by Crippen LogP contribution is 2.32. The predicted octanol–water partition coefficient (Wildman–Crippen LogP) is 2.83. The molecule has 1 aromatic heterocycles. The van der Waals surface area contributed by atoms with E-state index < -0.39 is 35.2 Å². The topological polar surface area (TPSA) is 42.0 Å². The summed E-state index contributed by atoms with van der Waals surface area (Å²) in [6.07, 6.45) is -4.02. The van der Waals surface area contributed by atoms with Gasteiger partial charge in [0, 0.05) is 12.1 Å². The van der Waals surface area contributed by atoms with Crippen LogP contribution >= 0.6 is 0 Å². The molecule has 0 bridgehead atoms. The first kappa shape index (κ1) is 13.4. The second-order valence-electron chi connectivity index (χ2n) is 3.66. The number of alkyl halides is 3. The third-order valence-corrected chi connectivity index (χ3v) is 1.96. The highest BCUT2D eigenvalue weighted by atomic mass is 19.4. The Morgan fingerprint density at radius 2 is 2.00 bits per heavy atom. The van der Waals surface area contributed by atoms with E-state index in [0.29, 0.717) is 6.07 Å². The van der Waals surface area contributed by atoms with Gasteiger partial charge in [-0.25, -0.2) is 9.37 Å². The average molecular weight is 250 g/mol. The number of rotatable bonds is 2. The second-order valence-corrected chi connectivity index (χ2v) is 3.66. The number of nitrogens with zero attached hydrogens (tertiary/aromatic N) is 1. The van der Waals surface area contributed by atoms with E-state index in [0.717, 1.165) is 6.20 Å². The monoisotopic (exact) mass is 250 g/mol. The molecule has 0 atom stereocenters. The first-order valence-electron chi connectivity index (χ1n) is 4.76. The molecule has 1 N–H and O–H groups in total. The van der Waals surface area contributed by atoms with Gasteiger partial charge in [-0.1, -0.05) is 13.8 Å². The molecule has 94 valence electrons. The predicted molar refractivity (Wildman–Crippen MR) is 52.7 cm³/mol. The van der Waals surface area contributed by atoms with Crippen LogP contribution in [-0.4, -0.2) is 10.9 Å². The maximum atomic E-state index is 13.4. The van der Waals surface area contributed by atoms with Crippen LogP contribution in [0.3, 0.4) is 0 Å². The summed E-state index contributed by atoms with van der Waals surface area (Å²) >= 11 is 0. The maximum Gasteiger partial charge on any atom is 0.419 e. The molecule has 0 spiro atoms. The number of pyridine rings is 1. The zero-order valence-corrected chi connectivity index (χ0v) is 9.10. The van der Waals surface area contributed by atoms with Crippen LogP contribution in [0.15, 0.2) is 12.3 Å². The molecule has 0 radical (unpaired) electrons. The van der Waals surface area contributed by atoms with Crippen LogP contribution in [0, 0.1) is 11.7 Å². The van der Waals surface area contributed by atoms with Crippen molar-refractivity contribution in [2.75, 3.05) is 5.32 Å². The number of carbonyl (C=O) groups excluding carboxylic acids is 1. The van der Waals surface area contributed by atoms with Crippen LogP contribution in [0.5, 0.6) is 0 Å². The Labute approximate surface area is 94.8 Å². The lowest BCUT2D eigenvalue weighted by Crippen LogP contribution is -2.20. The normalized spacial score (nSPS) is 11.7. The summed E-state index contributed by atoms with van der Waals surface area (Å²) in [6.45, 7) is 3.06. The molecule has 1 aromatic rings. The number of hydrogen-bond donors (Lipinski definition) is 1. The Bertz CT molecular complexity index is 429. The highest BCUT2D eigenvalue weighted by molar-refractivity contribution is 5.91. The zero-order chi connectivity index (χ0) is 13.2. The van der Waals surface area contributed by atoms with Crippen LogP contribution in [0.25, 0.3) is 0 Å². The summed E-state index contributed by atoms with van der Waals surface area (Å²) in [7, 11) is 0. The van der Waals surface area contributed by atoms with Crippen molar-refractivity contribution in [2.24, 2.45) is 5.92 Å². The van der Waals surface area contributed by atoms with Crippen molar-refractivity contribution in [1.29, 1.82) is 0 Å². The molecule has 3 nitrogen and oxygen atoms in total. The summed E-state index contributed by atoms with van der Waals surface area (Å²) in [5.41, 5.74) is -1.45. The van der Waals surface area contributed by atoms with Crippen LogP contribution in [0.2, 0.25) is 0 Å². The van der Waals surface area contributed by atoms with Gasteiger partial charge in [-0.3, -0.25) is 4.79 Å². The van der Waals surface area contributed by atoms with Crippen molar-refractivity contribution in [3.63, 3.8) is 0 Å². The first-order chi connectivity index (χ1) is 7.73. The molecular formula is C10H10F4N2O. The van der Waals surface area contributed by atoms with E-state index in [1.165, 1.54) is 13.8 Å². The third kappa shape index (κ3) is 3.15. The number of hydrogen-bond acceptors (Lipinski definition) is 2. The number of carbonyl (C=O) groups is 1. The first-order valence-corrected chi connectivity index (χ1v) is 4.76. The molecule has 17 heavy (non-hydrogen) atoms. The van der Waals surface area contributed by atoms with E-state index in [-0.39, 0.29) is 0 Å². The van der Waals surface area contributed by atoms with Gasteiger partial charge in [0.1, 0.15) is 0 Å². The third-order valence-electron chi connectivity index (χ3n) is 1.96. The number of halogens is 4. The van der Waals surface area contributed by atoms with E-state index in [4.69, 9.17) is 0 Å². The Balaban J connectivity index is 3.07. The molecular weight excluding hydrogens is 240 g/mol. The van der Waals surface area contributed by atoms with Crippen LogP contribution in [0.1, 0.15) is 19.4 Å². The van der Waals surface area contributed by atoms with Gasteiger partial charge in [0.25, 0.3) is 0 Å². The molecule has 0 aliphatic carbocycles. The van der Waals surface area contributed by atoms with Gasteiger partial charge in [0.2, 0.25) is 5.91 Å². The second kappa shape index (κ2) is 4.68. The fourth-order valence-electron chi connectivity index (χ4n) is 1.01. The van der Waals surface area contributed by atoms with Gasteiger partial charge >= 0.3 is 6.18 Å². The minimum atomic E-state index is -4.82. The number of nitrogens with one attached hydrogen (secondary N) is 1. The Morgan fingerprint density at radius 1 is 1.41 bits per heavy atom. The summed E-state index contributed by atoms with van der Waals surface area (Å²) in [4.78, 5) is 14.6. The van der Waals surface area contributed by atoms with E-state index >= 15 is 0 Å². The van der Waals surface area contributed by atoms with Crippen molar-refractivity contribution in [2.45, 2.75) is 20.0 Å². The Hall–Kier alpha value is -1.66. The molecule has 0 saturated heterocycles. The highest BCUT2D eigenvalue weighted by Gasteiger charge is 2.35. The van der Waals surface area contributed by atoms with Crippen LogP contribution in [0.4, 0.5) is 23.4 Å². The zero-order valence-electron chi connectivity index (χ0n) is 9.10. The fraction of sp³-hybridized carbons (Fsp3) is 0.400. The number of aromatic nitrogens is 1. The molecule has 1 rings (SSSR count). The molecule has 0 aliphatic heterocycles. The minimum Gasteiger partial charge on any atom is -0.308 e. The van der Waals surface area contributed by atoms with E-state index in [1.54, 1.807) is 0 Å². The Morgan fingerprint density at radius 3 is 2.47 bits per heavy atom. The molecule has 0 aliphatic rings. The molecule has 0 aromatic carbocycles. The van der Waals surface area contributed by atoms with Crippen LogP contribution in [-0.2, 0) is 11.0 Å². The minimum absolute atomic E-state index is 0.481. The van der Waals surface area contributed by atoms with Gasteiger partial charge in [0.15, 0.2) is 11.6 Å². The molecule has 7 heteroatoms. The van der Waals surface area contributed by atoms with Gasteiger partial charge in [-0.05, 0) is 6.07 Å². The molecule has 1 amide bonds. The smallest absolute Gasteiger partial charge is 0.308 e. The van der Waals surface area contributed by atoms with Gasteiger partial charge in [-0.2, -0.15) is 13.2 Å². The Kier molecular flexibility index (Phi) is 3.69. The number of anilines is 1. The maximum absolute atomic E-state index is 13.4. The van der Waals surface area contributed by atoms with Gasteiger partial charge < -0.3 is 5.32 Å². The molecule has 0 fully saturated rings. The van der Waals surface area contributed by atoms with Crippen molar-refractivity contribution < 1.29 is 22.4 Å². The SMILES string of the molecule is CC(C)C(=O)Nc1nccc(C(F)(F)F)c1F. The fourth-order valence-corrected chi connectivity index (χ4v) is 1.01. The summed E-state index contributed by atoms with van der Waals surface area (Å²) in [5, 5.41) is 2.00. The molecule has 0 saturated carbocycles. The van der Waals surface area contributed by atoms with Gasteiger partial charge in [0.05, 0.1) is 5.56 Å². The van der Waals surface area contributed by atoms with Crippen LogP contribution < -0.4 is 5.32 Å². The van der Waals surface area contributed by atoms with Gasteiger partial charge in [-0.15, -0.1) is 0 Å². The van der Waals surface area contributed by atoms with E-state index in [1.807, 2.05) is 5.32 Å². The average Bonchev–Trinajstić information content (AvgIpc) is 2.19. The standard InChI is InChI=1S/C10H10F4N2O/c1-5(2)9(17)16-8-7(11)6(3-4-15-8)10(12,13)14/h3-5H,1-2H3,(H,15,16,17). The van der Waals surface area contributed by atoms with Crippen molar-refractivity contribution in [3.05, 3.63) is 23.6 Å².